The Bertz CT molecular complexity index is 151. The molecule has 0 bridgehead atoms. The Balaban J connectivity index is -0.000000173. The number of nitrogens with one attached hydrogen (secondary N) is 2. The molecule has 80 valence electrons. The van der Waals surface area contributed by atoms with E-state index in [9.17, 15) is 0 Å². The molecule has 0 fully saturated rings. The number of guanidine groups is 2. The van der Waals surface area contributed by atoms with E-state index in [0.717, 1.165) is 5.96 Å². The number of rotatable bonds is 0. The first-order chi connectivity index (χ1) is 5.45. The quantitative estimate of drug-likeness (QED) is 0.305. The minimum atomic E-state index is -0.333. The molecule has 0 saturated heterocycles. The summed E-state index contributed by atoms with van der Waals surface area (Å²) in [6.07, 6.45) is 0. The fourth-order valence-corrected chi connectivity index (χ4v) is 0.535. The van der Waals surface area contributed by atoms with Crippen molar-refractivity contribution in [3.05, 3.63) is 0 Å². The van der Waals surface area contributed by atoms with Crippen LogP contribution in [0.3, 0.4) is 0 Å². The van der Waals surface area contributed by atoms with Gasteiger partial charge in [0.2, 0.25) is 0 Å². The third kappa shape index (κ3) is 18.1. The van der Waals surface area contributed by atoms with Crippen LogP contribution in [-0.2, 0) is 0 Å². The van der Waals surface area contributed by atoms with Gasteiger partial charge >= 0.3 is 0 Å². The van der Waals surface area contributed by atoms with E-state index in [2.05, 4.69) is 21.8 Å². The molecule has 0 unspecified atom stereocenters. The van der Waals surface area contributed by atoms with Gasteiger partial charge in [0.25, 0.3) is 0 Å². The summed E-state index contributed by atoms with van der Waals surface area (Å²) in [5.74, 6) is 0.560. The first-order valence-corrected chi connectivity index (χ1v) is 3.37. The molecule has 0 aliphatic heterocycles. The van der Waals surface area contributed by atoms with Crippen LogP contribution in [0, 0.1) is 5.41 Å². The van der Waals surface area contributed by atoms with Crippen molar-refractivity contribution in [1.29, 1.82) is 5.41 Å². The lowest BCUT2D eigenvalue weighted by molar-refractivity contribution is 0.596. The zero-order valence-corrected chi connectivity index (χ0v) is 9.27. The molecule has 0 radical (unpaired) electrons. The van der Waals surface area contributed by atoms with E-state index in [1.54, 1.807) is 7.05 Å². The summed E-state index contributed by atoms with van der Waals surface area (Å²) < 4.78 is 0. The van der Waals surface area contributed by atoms with Crippen LogP contribution >= 0.6 is 12.4 Å². The van der Waals surface area contributed by atoms with E-state index in [-0.39, 0.29) is 18.4 Å². The van der Waals surface area contributed by atoms with Crippen LogP contribution in [0.15, 0.2) is 4.99 Å². The maximum Gasteiger partial charge on any atom is 0.192 e. The summed E-state index contributed by atoms with van der Waals surface area (Å²) in [7, 11) is 7.49. The molecule has 0 spiro atoms. The van der Waals surface area contributed by atoms with Gasteiger partial charge in [-0.05, 0) is 0 Å². The Hall–Kier alpha value is -1.17. The van der Waals surface area contributed by atoms with Crippen LogP contribution in [0.25, 0.3) is 0 Å². The molecule has 7 heteroatoms. The van der Waals surface area contributed by atoms with Crippen molar-refractivity contribution in [2.75, 3.05) is 28.2 Å². The molecule has 0 atom stereocenters. The van der Waals surface area contributed by atoms with E-state index in [1.165, 1.54) is 0 Å². The third-order valence-electron chi connectivity index (χ3n) is 0.859. The van der Waals surface area contributed by atoms with Crippen molar-refractivity contribution in [3.63, 3.8) is 0 Å². The van der Waals surface area contributed by atoms with Gasteiger partial charge in [-0.15, -0.1) is 12.4 Å². The fraction of sp³-hybridized carbons (Fsp3) is 0.667. The van der Waals surface area contributed by atoms with Crippen molar-refractivity contribution in [1.82, 2.24) is 10.2 Å². The van der Waals surface area contributed by atoms with Gasteiger partial charge in [0.1, 0.15) is 0 Å². The smallest absolute Gasteiger partial charge is 0.192 e. The van der Waals surface area contributed by atoms with Gasteiger partial charge in [0, 0.05) is 28.2 Å². The summed E-state index contributed by atoms with van der Waals surface area (Å²) in [6, 6.07) is 0. The number of nitrogens with two attached hydrogens (primary N) is 2. The normalized spacial score (nSPS) is 8.77. The van der Waals surface area contributed by atoms with Crippen LogP contribution in [-0.4, -0.2) is 45.0 Å². The molecule has 0 aromatic rings. The average Bonchev–Trinajstić information content (AvgIpc) is 1.87. The highest BCUT2D eigenvalue weighted by molar-refractivity contribution is 5.85. The molecule has 0 aromatic carbocycles. The number of aliphatic imine (C=N–C) groups is 1. The van der Waals surface area contributed by atoms with E-state index in [0.29, 0.717) is 0 Å². The topological polar surface area (TPSA) is 104 Å². The minimum absolute atomic E-state index is 0. The van der Waals surface area contributed by atoms with Gasteiger partial charge in [-0.3, -0.25) is 10.4 Å². The summed E-state index contributed by atoms with van der Waals surface area (Å²) in [4.78, 5) is 5.85. The summed E-state index contributed by atoms with van der Waals surface area (Å²) in [6.45, 7) is 0. The summed E-state index contributed by atoms with van der Waals surface area (Å²) >= 11 is 0. The second-order valence-electron chi connectivity index (χ2n) is 2.15. The van der Waals surface area contributed by atoms with Gasteiger partial charge in [-0.1, -0.05) is 0 Å². The lowest BCUT2D eigenvalue weighted by Crippen LogP contribution is -2.33. The number of nitrogens with zero attached hydrogens (tertiary/aromatic N) is 2. The molecule has 0 amide bonds. The van der Waals surface area contributed by atoms with Crippen LogP contribution in [0.4, 0.5) is 0 Å². The average molecular weight is 211 g/mol. The number of hydrogen-bond acceptors (Lipinski definition) is 2. The standard InChI is InChI=1S/C5H13N3.CH5N3.ClH/c1-6-5(7-2)8(3)4;2-1(3)4;/h1-4H3,(H,6,7);(H5,2,3,4);1H. The van der Waals surface area contributed by atoms with E-state index >= 15 is 0 Å². The molecule has 13 heavy (non-hydrogen) atoms. The summed E-state index contributed by atoms with van der Waals surface area (Å²) in [5, 5.41) is 8.98. The maximum atomic E-state index is 6.06. The van der Waals surface area contributed by atoms with Crippen molar-refractivity contribution in [3.8, 4) is 0 Å². The van der Waals surface area contributed by atoms with Gasteiger partial charge in [0.15, 0.2) is 11.9 Å². The summed E-state index contributed by atoms with van der Waals surface area (Å²) in [5.41, 5.74) is 8.94. The Kier molecular flexibility index (Phi) is 14.8. The molecule has 6 nitrogen and oxygen atoms in total. The highest BCUT2D eigenvalue weighted by Crippen LogP contribution is 1.73. The lowest BCUT2D eigenvalue weighted by atomic mass is 10.8. The number of halogens is 1. The van der Waals surface area contributed by atoms with Crippen LogP contribution in [0.2, 0.25) is 0 Å². The Morgan fingerprint density at radius 2 is 1.69 bits per heavy atom. The molecule has 0 aliphatic rings. The Morgan fingerprint density at radius 1 is 1.38 bits per heavy atom. The van der Waals surface area contributed by atoms with Crippen LogP contribution < -0.4 is 16.8 Å². The van der Waals surface area contributed by atoms with Crippen molar-refractivity contribution in [2.24, 2.45) is 16.5 Å². The van der Waals surface area contributed by atoms with Gasteiger partial charge < -0.3 is 21.7 Å². The first kappa shape index (κ1) is 17.8. The monoisotopic (exact) mass is 210 g/mol. The zero-order valence-electron chi connectivity index (χ0n) is 8.46. The Morgan fingerprint density at radius 3 is 1.69 bits per heavy atom. The molecule has 0 aliphatic carbocycles. The van der Waals surface area contributed by atoms with E-state index < -0.39 is 0 Å². The fourth-order valence-electron chi connectivity index (χ4n) is 0.535. The van der Waals surface area contributed by atoms with Crippen molar-refractivity contribution < 1.29 is 0 Å². The van der Waals surface area contributed by atoms with E-state index in [4.69, 9.17) is 5.41 Å². The highest BCUT2D eigenvalue weighted by atomic mass is 35.5. The third-order valence-corrected chi connectivity index (χ3v) is 0.859. The number of hydrogen-bond donors (Lipinski definition) is 4. The lowest BCUT2D eigenvalue weighted by Gasteiger charge is -2.12. The first-order valence-electron chi connectivity index (χ1n) is 3.37. The van der Waals surface area contributed by atoms with Crippen LogP contribution in [0.1, 0.15) is 0 Å². The SMILES string of the molecule is CN=C(NC)N(C)C.Cl.N=C(N)N. The molecule has 0 heterocycles. The minimum Gasteiger partial charge on any atom is -0.370 e. The molecule has 0 rings (SSSR count). The van der Waals surface area contributed by atoms with Gasteiger partial charge in [-0.25, -0.2) is 0 Å². The maximum absolute atomic E-state index is 6.06. The second kappa shape index (κ2) is 10.8. The van der Waals surface area contributed by atoms with Crippen LogP contribution in [0.5, 0.6) is 0 Å². The molecular formula is C6H19ClN6. The second-order valence-corrected chi connectivity index (χ2v) is 2.15. The molecular weight excluding hydrogens is 192 g/mol. The molecule has 6 N–H and O–H groups in total. The highest BCUT2D eigenvalue weighted by Gasteiger charge is 1.91. The van der Waals surface area contributed by atoms with E-state index in [1.807, 2.05) is 26.0 Å². The molecule has 0 aromatic heterocycles. The van der Waals surface area contributed by atoms with Gasteiger partial charge in [0.05, 0.1) is 0 Å². The van der Waals surface area contributed by atoms with Crippen molar-refractivity contribution in [2.45, 2.75) is 0 Å². The van der Waals surface area contributed by atoms with Gasteiger partial charge in [-0.2, -0.15) is 0 Å². The largest absolute Gasteiger partial charge is 0.370 e. The molecule has 0 saturated carbocycles. The predicted octanol–water partition coefficient (Wildman–Crippen LogP) is -0.986. The van der Waals surface area contributed by atoms with Crippen molar-refractivity contribution >= 4 is 24.3 Å². The predicted molar refractivity (Wildman–Crippen MR) is 59.5 cm³/mol. The zero-order chi connectivity index (χ0) is 10.1. The Labute approximate surface area is 85.3 Å².